The lowest BCUT2D eigenvalue weighted by Crippen LogP contribution is -2.13. The molecule has 0 spiro atoms. The number of benzene rings is 2. The van der Waals surface area contributed by atoms with Gasteiger partial charge in [-0.1, -0.05) is 17.7 Å². The molecule has 126 valence electrons. The molecular formula is C16H12ClN5O3. The standard InChI is InChI=1S/C16H12ClN5O3/c1-10-2-4-12(17)7-13(10)20-16(23)11-3-5-14(15(6-11)22(24)25)21-9-18-8-19-21/h2-9H,1H3,(H,20,23). The Hall–Kier alpha value is -3.26. The Balaban J connectivity index is 1.95. The maximum absolute atomic E-state index is 12.4. The van der Waals surface area contributed by atoms with E-state index in [-0.39, 0.29) is 16.9 Å². The van der Waals surface area contributed by atoms with Crippen molar-refractivity contribution in [3.63, 3.8) is 0 Å². The molecule has 0 bridgehead atoms. The fourth-order valence-corrected chi connectivity index (χ4v) is 2.43. The Morgan fingerprint density at radius 1 is 1.28 bits per heavy atom. The van der Waals surface area contributed by atoms with E-state index in [2.05, 4.69) is 15.4 Å². The van der Waals surface area contributed by atoms with Crippen molar-refractivity contribution in [2.24, 2.45) is 0 Å². The lowest BCUT2D eigenvalue weighted by Gasteiger charge is -2.10. The number of halogens is 1. The minimum atomic E-state index is -0.571. The Bertz CT molecular complexity index is 956. The van der Waals surface area contributed by atoms with Crippen LogP contribution in [0, 0.1) is 17.0 Å². The third kappa shape index (κ3) is 3.48. The van der Waals surface area contributed by atoms with E-state index in [1.807, 2.05) is 6.92 Å². The highest BCUT2D eigenvalue weighted by Crippen LogP contribution is 2.25. The lowest BCUT2D eigenvalue weighted by molar-refractivity contribution is -0.384. The van der Waals surface area contributed by atoms with Gasteiger partial charge >= 0.3 is 0 Å². The van der Waals surface area contributed by atoms with Crippen LogP contribution in [0.15, 0.2) is 49.1 Å². The van der Waals surface area contributed by atoms with Crippen LogP contribution in [0.4, 0.5) is 11.4 Å². The molecule has 8 nitrogen and oxygen atoms in total. The molecule has 0 saturated carbocycles. The quantitative estimate of drug-likeness (QED) is 0.569. The molecule has 0 saturated heterocycles. The monoisotopic (exact) mass is 357 g/mol. The predicted molar refractivity (Wildman–Crippen MR) is 92.2 cm³/mol. The zero-order valence-electron chi connectivity index (χ0n) is 13.0. The molecule has 25 heavy (non-hydrogen) atoms. The van der Waals surface area contributed by atoms with Crippen LogP contribution in [0.5, 0.6) is 0 Å². The van der Waals surface area contributed by atoms with Gasteiger partial charge in [0.2, 0.25) is 0 Å². The summed E-state index contributed by atoms with van der Waals surface area (Å²) < 4.78 is 1.26. The first-order chi connectivity index (χ1) is 12.0. The number of aromatic nitrogens is 3. The molecule has 0 fully saturated rings. The first kappa shape index (κ1) is 16.6. The molecule has 0 aliphatic rings. The molecule has 1 aromatic heterocycles. The van der Waals surface area contributed by atoms with E-state index in [9.17, 15) is 14.9 Å². The van der Waals surface area contributed by atoms with Crippen LogP contribution in [0.2, 0.25) is 5.02 Å². The summed E-state index contributed by atoms with van der Waals surface area (Å²) in [6.07, 6.45) is 2.61. The first-order valence-electron chi connectivity index (χ1n) is 7.16. The molecule has 1 heterocycles. The number of carbonyl (C=O) groups is 1. The second kappa shape index (κ2) is 6.70. The molecule has 3 aromatic rings. The van der Waals surface area contributed by atoms with Gasteiger partial charge in [-0.25, -0.2) is 9.67 Å². The summed E-state index contributed by atoms with van der Waals surface area (Å²) in [5.41, 5.74) is 1.49. The fourth-order valence-electron chi connectivity index (χ4n) is 2.26. The minimum Gasteiger partial charge on any atom is -0.322 e. The average molecular weight is 358 g/mol. The third-order valence-corrected chi connectivity index (χ3v) is 3.78. The molecule has 0 aliphatic carbocycles. The van der Waals surface area contributed by atoms with Crippen LogP contribution < -0.4 is 5.32 Å². The lowest BCUT2D eigenvalue weighted by atomic mass is 10.1. The number of nitrogens with one attached hydrogen (secondary N) is 1. The number of hydrogen-bond donors (Lipinski definition) is 1. The number of aryl methyl sites for hydroxylation is 1. The molecule has 0 unspecified atom stereocenters. The van der Waals surface area contributed by atoms with Gasteiger partial charge in [0, 0.05) is 22.3 Å². The van der Waals surface area contributed by atoms with Gasteiger partial charge in [0.25, 0.3) is 11.6 Å². The third-order valence-electron chi connectivity index (χ3n) is 3.55. The smallest absolute Gasteiger partial charge is 0.295 e. The average Bonchev–Trinajstić information content (AvgIpc) is 3.12. The van der Waals surface area contributed by atoms with E-state index in [0.29, 0.717) is 10.7 Å². The summed E-state index contributed by atoms with van der Waals surface area (Å²) >= 11 is 5.93. The van der Waals surface area contributed by atoms with E-state index >= 15 is 0 Å². The van der Waals surface area contributed by atoms with Crippen molar-refractivity contribution in [1.29, 1.82) is 0 Å². The Morgan fingerprint density at radius 3 is 2.76 bits per heavy atom. The van der Waals surface area contributed by atoms with Gasteiger partial charge in [-0.2, -0.15) is 5.10 Å². The highest BCUT2D eigenvalue weighted by molar-refractivity contribution is 6.31. The van der Waals surface area contributed by atoms with Crippen molar-refractivity contribution in [2.45, 2.75) is 6.92 Å². The highest BCUT2D eigenvalue weighted by atomic mass is 35.5. The molecule has 1 N–H and O–H groups in total. The minimum absolute atomic E-state index is 0.148. The van der Waals surface area contributed by atoms with Crippen molar-refractivity contribution in [2.75, 3.05) is 5.32 Å². The summed E-state index contributed by atoms with van der Waals surface area (Å²) in [4.78, 5) is 27.0. The van der Waals surface area contributed by atoms with E-state index in [4.69, 9.17) is 11.6 Å². The van der Waals surface area contributed by atoms with Crippen molar-refractivity contribution < 1.29 is 9.72 Å². The van der Waals surface area contributed by atoms with E-state index < -0.39 is 10.8 Å². The fraction of sp³-hybridized carbons (Fsp3) is 0.0625. The number of carbonyl (C=O) groups excluding carboxylic acids is 1. The van der Waals surface area contributed by atoms with Gasteiger partial charge in [0.05, 0.1) is 4.92 Å². The maximum Gasteiger partial charge on any atom is 0.295 e. The molecule has 3 rings (SSSR count). The van der Waals surface area contributed by atoms with Gasteiger partial charge in [-0.15, -0.1) is 0 Å². The summed E-state index contributed by atoms with van der Waals surface area (Å²) in [5, 5.41) is 18.4. The summed E-state index contributed by atoms with van der Waals surface area (Å²) in [7, 11) is 0. The summed E-state index contributed by atoms with van der Waals surface area (Å²) in [6.45, 7) is 1.82. The number of anilines is 1. The molecule has 1 amide bonds. The Labute approximate surface area is 147 Å². The predicted octanol–water partition coefficient (Wildman–Crippen LogP) is 3.39. The van der Waals surface area contributed by atoms with Crippen LogP contribution in [0.3, 0.4) is 0 Å². The number of nitro groups is 1. The second-order valence-electron chi connectivity index (χ2n) is 5.21. The number of hydrogen-bond acceptors (Lipinski definition) is 5. The van der Waals surface area contributed by atoms with Crippen molar-refractivity contribution in [1.82, 2.24) is 14.8 Å². The van der Waals surface area contributed by atoms with E-state index in [1.54, 1.807) is 18.2 Å². The Morgan fingerprint density at radius 2 is 2.08 bits per heavy atom. The molecule has 2 aromatic carbocycles. The Kier molecular flexibility index (Phi) is 4.44. The topological polar surface area (TPSA) is 103 Å². The molecule has 0 aliphatic heterocycles. The molecule has 9 heteroatoms. The first-order valence-corrected chi connectivity index (χ1v) is 7.54. The number of nitro benzene ring substituents is 1. The molecular weight excluding hydrogens is 346 g/mol. The normalized spacial score (nSPS) is 10.5. The van der Waals surface area contributed by atoms with Gasteiger partial charge in [-0.05, 0) is 36.8 Å². The van der Waals surface area contributed by atoms with Crippen LogP contribution in [0.25, 0.3) is 5.69 Å². The zero-order valence-corrected chi connectivity index (χ0v) is 13.8. The van der Waals surface area contributed by atoms with Crippen LogP contribution >= 0.6 is 11.6 Å². The zero-order chi connectivity index (χ0) is 18.0. The van der Waals surface area contributed by atoms with Crippen molar-refractivity contribution in [3.05, 3.63) is 75.3 Å². The van der Waals surface area contributed by atoms with Crippen LogP contribution in [0.1, 0.15) is 15.9 Å². The van der Waals surface area contributed by atoms with Gasteiger partial charge < -0.3 is 5.32 Å². The van der Waals surface area contributed by atoms with E-state index in [0.717, 1.165) is 5.56 Å². The van der Waals surface area contributed by atoms with Crippen LogP contribution in [-0.2, 0) is 0 Å². The molecule has 0 atom stereocenters. The maximum atomic E-state index is 12.4. The summed E-state index contributed by atoms with van der Waals surface area (Å²) in [5.74, 6) is -0.474. The molecule has 0 radical (unpaired) electrons. The highest BCUT2D eigenvalue weighted by Gasteiger charge is 2.19. The number of rotatable bonds is 4. The van der Waals surface area contributed by atoms with E-state index in [1.165, 1.54) is 35.5 Å². The van der Waals surface area contributed by atoms with Crippen LogP contribution in [-0.4, -0.2) is 25.6 Å². The largest absolute Gasteiger partial charge is 0.322 e. The second-order valence-corrected chi connectivity index (χ2v) is 5.65. The van der Waals surface area contributed by atoms with Crippen molar-refractivity contribution >= 4 is 28.9 Å². The SMILES string of the molecule is Cc1ccc(Cl)cc1NC(=O)c1ccc(-n2cncn2)c([N+](=O)[O-])c1. The van der Waals surface area contributed by atoms with Gasteiger partial charge in [0.15, 0.2) is 0 Å². The van der Waals surface area contributed by atoms with Crippen molar-refractivity contribution in [3.8, 4) is 5.69 Å². The summed E-state index contributed by atoms with van der Waals surface area (Å²) in [6, 6.07) is 9.24. The number of amides is 1. The van der Waals surface area contributed by atoms with Gasteiger partial charge in [-0.3, -0.25) is 14.9 Å². The number of nitrogens with zero attached hydrogens (tertiary/aromatic N) is 4. The van der Waals surface area contributed by atoms with Gasteiger partial charge in [0.1, 0.15) is 18.3 Å².